The van der Waals surface area contributed by atoms with Gasteiger partial charge in [0.05, 0.1) is 17.5 Å². The first kappa shape index (κ1) is 12.7. The van der Waals surface area contributed by atoms with Crippen molar-refractivity contribution in [3.05, 3.63) is 22.5 Å². The van der Waals surface area contributed by atoms with E-state index in [1.54, 1.807) is 13.8 Å². The van der Waals surface area contributed by atoms with Crippen LogP contribution in [0.5, 0.6) is 0 Å². The summed E-state index contributed by atoms with van der Waals surface area (Å²) in [5.74, 6) is 0.0858. The lowest BCUT2D eigenvalue weighted by atomic mass is 10.5. The first-order chi connectivity index (χ1) is 7.33. The van der Waals surface area contributed by atoms with Crippen molar-refractivity contribution >= 4 is 15.7 Å². The van der Waals surface area contributed by atoms with Crippen molar-refractivity contribution in [1.82, 2.24) is 9.78 Å². The van der Waals surface area contributed by atoms with Crippen LogP contribution in [0.3, 0.4) is 0 Å². The summed E-state index contributed by atoms with van der Waals surface area (Å²) in [6.07, 6.45) is 0. The highest BCUT2D eigenvalue weighted by atomic mass is 32.2. The monoisotopic (exact) mass is 245 g/mol. The summed E-state index contributed by atoms with van der Waals surface area (Å²) in [6, 6.07) is 2.65. The van der Waals surface area contributed by atoms with Crippen LogP contribution in [0.25, 0.3) is 0 Å². The standard InChI is InChI=1S/C9H15N3O3S/c1-7(2)16(14,15)6-5-12-9(13)4-3-8(10)11-12/h3-4,7H,5-6H2,1-2H3,(H2,10,11). The fraction of sp³-hybridized carbons (Fsp3) is 0.556. The third-order valence-electron chi connectivity index (χ3n) is 2.19. The molecule has 1 aromatic rings. The molecule has 0 aliphatic heterocycles. The molecule has 0 unspecified atom stereocenters. The Morgan fingerprint density at radius 3 is 2.62 bits per heavy atom. The molecule has 7 heteroatoms. The molecule has 16 heavy (non-hydrogen) atoms. The van der Waals surface area contributed by atoms with Gasteiger partial charge in [0, 0.05) is 6.07 Å². The summed E-state index contributed by atoms with van der Waals surface area (Å²) in [5.41, 5.74) is 5.05. The highest BCUT2D eigenvalue weighted by Crippen LogP contribution is 2.01. The van der Waals surface area contributed by atoms with Gasteiger partial charge in [-0.2, -0.15) is 5.10 Å². The molecular formula is C9H15N3O3S. The Bertz CT molecular complexity index is 519. The van der Waals surface area contributed by atoms with Crippen molar-refractivity contribution in [3.8, 4) is 0 Å². The maximum atomic E-state index is 11.5. The molecular weight excluding hydrogens is 230 g/mol. The van der Waals surface area contributed by atoms with E-state index in [2.05, 4.69) is 5.10 Å². The number of aryl methyl sites for hydroxylation is 1. The van der Waals surface area contributed by atoms with Crippen molar-refractivity contribution in [1.29, 1.82) is 0 Å². The van der Waals surface area contributed by atoms with Crippen LogP contribution >= 0.6 is 0 Å². The van der Waals surface area contributed by atoms with Crippen LogP contribution in [-0.4, -0.2) is 29.2 Å². The van der Waals surface area contributed by atoms with Crippen LogP contribution in [0, 0.1) is 0 Å². The van der Waals surface area contributed by atoms with Crippen molar-refractivity contribution in [3.63, 3.8) is 0 Å². The van der Waals surface area contributed by atoms with E-state index < -0.39 is 15.1 Å². The van der Waals surface area contributed by atoms with E-state index in [1.807, 2.05) is 0 Å². The van der Waals surface area contributed by atoms with E-state index >= 15 is 0 Å². The summed E-state index contributed by atoms with van der Waals surface area (Å²) in [6.45, 7) is 3.24. The maximum absolute atomic E-state index is 11.5. The predicted octanol–water partition coefficient (Wildman–Crippen LogP) is -0.351. The minimum Gasteiger partial charge on any atom is -0.382 e. The van der Waals surface area contributed by atoms with Gasteiger partial charge >= 0.3 is 0 Å². The molecule has 1 rings (SSSR count). The fourth-order valence-corrected chi connectivity index (χ4v) is 1.97. The minimum atomic E-state index is -3.17. The van der Waals surface area contributed by atoms with Gasteiger partial charge < -0.3 is 5.73 Å². The average Bonchev–Trinajstić information content (AvgIpc) is 2.19. The van der Waals surface area contributed by atoms with Crippen LogP contribution in [0.2, 0.25) is 0 Å². The molecule has 90 valence electrons. The Kier molecular flexibility index (Phi) is 3.69. The number of sulfone groups is 1. The fourth-order valence-electron chi connectivity index (χ4n) is 1.07. The third-order valence-corrected chi connectivity index (χ3v) is 4.38. The van der Waals surface area contributed by atoms with E-state index in [0.29, 0.717) is 0 Å². The molecule has 0 fully saturated rings. The van der Waals surface area contributed by atoms with Gasteiger partial charge in [-0.3, -0.25) is 4.79 Å². The van der Waals surface area contributed by atoms with Gasteiger partial charge in [0.1, 0.15) is 5.82 Å². The van der Waals surface area contributed by atoms with Gasteiger partial charge in [0.15, 0.2) is 9.84 Å². The van der Waals surface area contributed by atoms with E-state index in [4.69, 9.17) is 5.73 Å². The number of nitrogens with two attached hydrogens (primary N) is 1. The van der Waals surface area contributed by atoms with Crippen LogP contribution in [0.4, 0.5) is 5.82 Å². The third kappa shape index (κ3) is 3.06. The van der Waals surface area contributed by atoms with Gasteiger partial charge in [0.2, 0.25) is 0 Å². The van der Waals surface area contributed by atoms with Gasteiger partial charge in [0.25, 0.3) is 5.56 Å². The van der Waals surface area contributed by atoms with Crippen molar-refractivity contribution in [2.45, 2.75) is 25.6 Å². The topological polar surface area (TPSA) is 95.1 Å². The molecule has 0 atom stereocenters. The number of nitrogens with zero attached hydrogens (tertiary/aromatic N) is 2. The SMILES string of the molecule is CC(C)S(=O)(=O)CCn1nc(N)ccc1=O. The van der Waals surface area contributed by atoms with Gasteiger partial charge in [-0.05, 0) is 19.9 Å². The highest BCUT2D eigenvalue weighted by molar-refractivity contribution is 7.91. The van der Waals surface area contributed by atoms with Crippen LogP contribution < -0.4 is 11.3 Å². The molecule has 1 heterocycles. The zero-order valence-electron chi connectivity index (χ0n) is 9.25. The Morgan fingerprint density at radius 2 is 2.06 bits per heavy atom. The van der Waals surface area contributed by atoms with E-state index in [1.165, 1.54) is 12.1 Å². The van der Waals surface area contributed by atoms with Crippen molar-refractivity contribution in [2.24, 2.45) is 0 Å². The Balaban J connectivity index is 2.84. The van der Waals surface area contributed by atoms with Gasteiger partial charge in [-0.15, -0.1) is 0 Å². The van der Waals surface area contributed by atoms with Crippen molar-refractivity contribution in [2.75, 3.05) is 11.5 Å². The Hall–Kier alpha value is -1.37. The number of aromatic nitrogens is 2. The molecule has 0 bridgehead atoms. The maximum Gasteiger partial charge on any atom is 0.266 e. The second-order valence-corrected chi connectivity index (χ2v) is 6.41. The van der Waals surface area contributed by atoms with Crippen molar-refractivity contribution < 1.29 is 8.42 Å². The summed E-state index contributed by atoms with van der Waals surface area (Å²) in [4.78, 5) is 11.3. The molecule has 2 N–H and O–H groups in total. The second-order valence-electron chi connectivity index (χ2n) is 3.74. The molecule has 1 aromatic heterocycles. The quantitative estimate of drug-likeness (QED) is 0.782. The predicted molar refractivity (Wildman–Crippen MR) is 61.8 cm³/mol. The lowest BCUT2D eigenvalue weighted by Crippen LogP contribution is -2.28. The van der Waals surface area contributed by atoms with Crippen LogP contribution in [-0.2, 0) is 16.4 Å². The number of anilines is 1. The summed E-state index contributed by atoms with van der Waals surface area (Å²) in [7, 11) is -3.17. The molecule has 0 spiro atoms. The highest BCUT2D eigenvalue weighted by Gasteiger charge is 2.16. The normalized spacial score (nSPS) is 11.9. The van der Waals surface area contributed by atoms with E-state index in [0.717, 1.165) is 4.68 Å². The molecule has 0 saturated carbocycles. The minimum absolute atomic E-state index is 0.0321. The molecule has 0 radical (unpaired) electrons. The number of hydrogen-bond donors (Lipinski definition) is 1. The van der Waals surface area contributed by atoms with Crippen LogP contribution in [0.1, 0.15) is 13.8 Å². The lowest BCUT2D eigenvalue weighted by Gasteiger charge is -2.08. The first-order valence-corrected chi connectivity index (χ1v) is 6.59. The number of hydrogen-bond acceptors (Lipinski definition) is 5. The van der Waals surface area contributed by atoms with E-state index in [-0.39, 0.29) is 23.7 Å². The summed E-state index contributed by atoms with van der Waals surface area (Å²) < 4.78 is 24.1. The van der Waals surface area contributed by atoms with Gasteiger partial charge in [-0.25, -0.2) is 13.1 Å². The Morgan fingerprint density at radius 1 is 1.44 bits per heavy atom. The molecule has 0 amide bonds. The molecule has 0 aliphatic carbocycles. The zero-order valence-corrected chi connectivity index (χ0v) is 10.1. The summed E-state index contributed by atoms with van der Waals surface area (Å²) >= 11 is 0. The largest absolute Gasteiger partial charge is 0.382 e. The van der Waals surface area contributed by atoms with E-state index in [9.17, 15) is 13.2 Å². The number of nitrogen functional groups attached to an aromatic ring is 1. The smallest absolute Gasteiger partial charge is 0.266 e. The average molecular weight is 245 g/mol. The lowest BCUT2D eigenvalue weighted by molar-refractivity contribution is 0.565. The van der Waals surface area contributed by atoms with Gasteiger partial charge in [-0.1, -0.05) is 0 Å². The first-order valence-electron chi connectivity index (χ1n) is 4.88. The zero-order chi connectivity index (χ0) is 12.3. The Labute approximate surface area is 94.0 Å². The van der Waals surface area contributed by atoms with Crippen LogP contribution in [0.15, 0.2) is 16.9 Å². The molecule has 6 nitrogen and oxygen atoms in total. The number of rotatable bonds is 4. The molecule has 0 aliphatic rings. The molecule has 0 saturated heterocycles. The molecule has 0 aromatic carbocycles. The second kappa shape index (κ2) is 4.65. The summed E-state index contributed by atoms with van der Waals surface area (Å²) in [5, 5.41) is 3.30.